The standard InChI is InChI=1S/C17H27ClN2O/c1-4-20(5-2)14(3)13-19-17(21)12-8-10-15-9-6-7-11-16(15)18/h6-7,9,11,14H,4-5,8,10,12-13H2,1-3H3,(H,19,21). The van der Waals surface area contributed by atoms with Crippen LogP contribution >= 0.6 is 11.6 Å². The monoisotopic (exact) mass is 310 g/mol. The molecule has 0 radical (unpaired) electrons. The molecule has 1 atom stereocenters. The van der Waals surface area contributed by atoms with Crippen LogP contribution < -0.4 is 5.32 Å². The molecule has 21 heavy (non-hydrogen) atoms. The summed E-state index contributed by atoms with van der Waals surface area (Å²) >= 11 is 6.10. The molecule has 0 aliphatic rings. The fraction of sp³-hybridized carbons (Fsp3) is 0.588. The SMILES string of the molecule is CCN(CC)C(C)CNC(=O)CCCc1ccccc1Cl. The molecule has 0 aromatic heterocycles. The smallest absolute Gasteiger partial charge is 0.220 e. The normalized spacial score (nSPS) is 12.4. The van der Waals surface area contributed by atoms with Crippen LogP contribution in [0.15, 0.2) is 24.3 Å². The first kappa shape index (κ1) is 18.0. The van der Waals surface area contributed by atoms with Crippen molar-refractivity contribution < 1.29 is 4.79 Å². The fourth-order valence-corrected chi connectivity index (χ4v) is 2.70. The first-order chi connectivity index (χ1) is 10.1. The van der Waals surface area contributed by atoms with E-state index in [0.717, 1.165) is 36.5 Å². The number of halogens is 1. The van der Waals surface area contributed by atoms with Gasteiger partial charge in [0, 0.05) is 24.0 Å². The molecule has 1 amide bonds. The van der Waals surface area contributed by atoms with E-state index in [2.05, 4.69) is 31.0 Å². The minimum absolute atomic E-state index is 0.126. The quantitative estimate of drug-likeness (QED) is 0.757. The first-order valence-corrected chi connectivity index (χ1v) is 8.20. The highest BCUT2D eigenvalue weighted by molar-refractivity contribution is 6.31. The van der Waals surface area contributed by atoms with Crippen LogP contribution in [0.3, 0.4) is 0 Å². The average Bonchev–Trinajstić information content (AvgIpc) is 2.48. The largest absolute Gasteiger partial charge is 0.355 e. The number of nitrogens with zero attached hydrogens (tertiary/aromatic N) is 1. The van der Waals surface area contributed by atoms with Crippen LogP contribution in [-0.2, 0) is 11.2 Å². The number of benzene rings is 1. The first-order valence-electron chi connectivity index (χ1n) is 7.82. The van der Waals surface area contributed by atoms with Gasteiger partial charge in [0.05, 0.1) is 0 Å². The molecule has 1 unspecified atom stereocenters. The summed E-state index contributed by atoms with van der Waals surface area (Å²) in [6, 6.07) is 8.19. The summed E-state index contributed by atoms with van der Waals surface area (Å²) in [5, 5.41) is 3.80. The molecule has 0 bridgehead atoms. The zero-order valence-corrected chi connectivity index (χ0v) is 14.1. The van der Waals surface area contributed by atoms with Crippen LogP contribution in [-0.4, -0.2) is 36.5 Å². The van der Waals surface area contributed by atoms with Gasteiger partial charge < -0.3 is 5.32 Å². The predicted octanol–water partition coefficient (Wildman–Crippen LogP) is 3.51. The number of hydrogen-bond donors (Lipinski definition) is 1. The highest BCUT2D eigenvalue weighted by Crippen LogP contribution is 2.17. The topological polar surface area (TPSA) is 32.3 Å². The molecule has 0 saturated carbocycles. The molecule has 3 nitrogen and oxygen atoms in total. The van der Waals surface area contributed by atoms with Gasteiger partial charge in [-0.25, -0.2) is 0 Å². The lowest BCUT2D eigenvalue weighted by molar-refractivity contribution is -0.121. The van der Waals surface area contributed by atoms with E-state index in [-0.39, 0.29) is 5.91 Å². The van der Waals surface area contributed by atoms with E-state index < -0.39 is 0 Å². The van der Waals surface area contributed by atoms with Crippen LogP contribution in [0.4, 0.5) is 0 Å². The maximum Gasteiger partial charge on any atom is 0.220 e. The minimum atomic E-state index is 0.126. The summed E-state index contributed by atoms with van der Waals surface area (Å²) < 4.78 is 0. The van der Waals surface area contributed by atoms with Crippen LogP contribution in [0.1, 0.15) is 39.2 Å². The van der Waals surface area contributed by atoms with Crippen molar-refractivity contribution in [2.24, 2.45) is 0 Å². The van der Waals surface area contributed by atoms with Gasteiger partial charge in [-0.3, -0.25) is 9.69 Å². The van der Waals surface area contributed by atoms with Gasteiger partial charge in [-0.2, -0.15) is 0 Å². The number of carbonyl (C=O) groups is 1. The lowest BCUT2D eigenvalue weighted by atomic mass is 10.1. The molecule has 0 spiro atoms. The molecule has 1 aromatic carbocycles. The molecule has 0 saturated heterocycles. The minimum Gasteiger partial charge on any atom is -0.355 e. The molecule has 0 heterocycles. The van der Waals surface area contributed by atoms with E-state index in [1.165, 1.54) is 0 Å². The third-order valence-corrected chi connectivity index (χ3v) is 4.21. The lowest BCUT2D eigenvalue weighted by Crippen LogP contribution is -2.41. The number of aryl methyl sites for hydroxylation is 1. The van der Waals surface area contributed by atoms with Gasteiger partial charge in [-0.1, -0.05) is 43.6 Å². The molecule has 0 fully saturated rings. The second-order valence-corrected chi connectivity index (χ2v) is 5.73. The van der Waals surface area contributed by atoms with Crippen molar-refractivity contribution in [2.45, 2.75) is 46.1 Å². The Labute approximate surface area is 133 Å². The second-order valence-electron chi connectivity index (χ2n) is 5.32. The highest BCUT2D eigenvalue weighted by atomic mass is 35.5. The summed E-state index contributed by atoms with van der Waals surface area (Å²) in [4.78, 5) is 14.2. The van der Waals surface area contributed by atoms with E-state index in [4.69, 9.17) is 11.6 Å². The Kier molecular flexibility index (Phi) is 8.40. The highest BCUT2D eigenvalue weighted by Gasteiger charge is 2.11. The molecule has 4 heteroatoms. The lowest BCUT2D eigenvalue weighted by Gasteiger charge is -2.26. The van der Waals surface area contributed by atoms with E-state index in [1.54, 1.807) is 0 Å². The Hall–Kier alpha value is -1.06. The summed E-state index contributed by atoms with van der Waals surface area (Å²) in [5.41, 5.74) is 1.11. The molecule has 1 N–H and O–H groups in total. The number of carbonyl (C=O) groups excluding carboxylic acids is 1. The van der Waals surface area contributed by atoms with Crippen molar-refractivity contribution in [1.29, 1.82) is 0 Å². The Balaban J connectivity index is 2.24. The maximum absolute atomic E-state index is 11.9. The Morgan fingerprint density at radius 3 is 2.57 bits per heavy atom. The number of rotatable bonds is 9. The van der Waals surface area contributed by atoms with Gasteiger partial charge >= 0.3 is 0 Å². The van der Waals surface area contributed by atoms with Crippen molar-refractivity contribution >= 4 is 17.5 Å². The molecule has 118 valence electrons. The third kappa shape index (κ3) is 6.49. The third-order valence-electron chi connectivity index (χ3n) is 3.84. The fourth-order valence-electron chi connectivity index (χ4n) is 2.47. The average molecular weight is 311 g/mol. The van der Waals surface area contributed by atoms with Crippen molar-refractivity contribution in [2.75, 3.05) is 19.6 Å². The van der Waals surface area contributed by atoms with Gasteiger partial charge in [-0.05, 0) is 44.5 Å². The maximum atomic E-state index is 11.9. The molecule has 0 aliphatic carbocycles. The van der Waals surface area contributed by atoms with Crippen molar-refractivity contribution in [3.05, 3.63) is 34.9 Å². The zero-order valence-electron chi connectivity index (χ0n) is 13.4. The van der Waals surface area contributed by atoms with Crippen molar-refractivity contribution in [1.82, 2.24) is 10.2 Å². The van der Waals surface area contributed by atoms with Gasteiger partial charge in [0.1, 0.15) is 0 Å². The van der Waals surface area contributed by atoms with E-state index in [1.807, 2.05) is 24.3 Å². The van der Waals surface area contributed by atoms with Gasteiger partial charge in [0.2, 0.25) is 5.91 Å². The summed E-state index contributed by atoms with van der Waals surface area (Å²) in [5.74, 6) is 0.126. The number of hydrogen-bond acceptors (Lipinski definition) is 2. The summed E-state index contributed by atoms with van der Waals surface area (Å²) in [7, 11) is 0. The van der Waals surface area contributed by atoms with E-state index in [9.17, 15) is 4.79 Å². The van der Waals surface area contributed by atoms with Crippen molar-refractivity contribution in [3.63, 3.8) is 0 Å². The van der Waals surface area contributed by atoms with E-state index >= 15 is 0 Å². The van der Waals surface area contributed by atoms with Crippen LogP contribution in [0.2, 0.25) is 5.02 Å². The Bertz CT molecular complexity index is 433. The molecule has 0 aliphatic heterocycles. The zero-order chi connectivity index (χ0) is 15.7. The Morgan fingerprint density at radius 2 is 1.95 bits per heavy atom. The summed E-state index contributed by atoms with van der Waals surface area (Å²) in [6.45, 7) is 9.18. The molecular formula is C17H27ClN2O. The number of nitrogens with one attached hydrogen (secondary N) is 1. The number of likely N-dealkylation sites (N-methyl/N-ethyl adjacent to an activating group) is 1. The second kappa shape index (κ2) is 9.80. The van der Waals surface area contributed by atoms with Gasteiger partial charge in [0.15, 0.2) is 0 Å². The number of amides is 1. The molecule has 1 rings (SSSR count). The Morgan fingerprint density at radius 1 is 1.29 bits per heavy atom. The van der Waals surface area contributed by atoms with Gasteiger partial charge in [0.25, 0.3) is 0 Å². The van der Waals surface area contributed by atoms with E-state index in [0.29, 0.717) is 19.0 Å². The van der Waals surface area contributed by atoms with Crippen LogP contribution in [0.25, 0.3) is 0 Å². The molecular weight excluding hydrogens is 284 g/mol. The van der Waals surface area contributed by atoms with Crippen LogP contribution in [0.5, 0.6) is 0 Å². The van der Waals surface area contributed by atoms with Gasteiger partial charge in [-0.15, -0.1) is 0 Å². The van der Waals surface area contributed by atoms with Crippen molar-refractivity contribution in [3.8, 4) is 0 Å². The molecule has 1 aromatic rings. The predicted molar refractivity (Wildman–Crippen MR) is 89.8 cm³/mol. The van der Waals surface area contributed by atoms with Crippen LogP contribution in [0, 0.1) is 0 Å². The summed E-state index contributed by atoms with van der Waals surface area (Å²) in [6.07, 6.45) is 2.23.